The van der Waals surface area contributed by atoms with E-state index in [1.165, 1.54) is 12.1 Å². The number of rotatable bonds is 5. The number of nitro groups is 1. The van der Waals surface area contributed by atoms with Gasteiger partial charge in [0.05, 0.1) is 4.92 Å². The first kappa shape index (κ1) is 13.7. The minimum Gasteiger partial charge on any atom is -0.351 e. The predicted octanol–water partition coefficient (Wildman–Crippen LogP) is 3.27. The quantitative estimate of drug-likeness (QED) is 0.461. The first-order valence-corrected chi connectivity index (χ1v) is 5.89. The Morgan fingerprint density at radius 2 is 2.24 bits per heavy atom. The van der Waals surface area contributed by atoms with Gasteiger partial charge in [-0.25, -0.2) is 4.98 Å². The highest BCUT2D eigenvalue weighted by atomic mass is 35.5. The standard InChI is InChI=1S/C11H16ClN3O2/c1-4-5-8(2)14(3)11-9(15(16)17)6-7-10(12)13-11/h6-8H,4-5H2,1-3H3. The van der Waals surface area contributed by atoms with Gasteiger partial charge < -0.3 is 4.90 Å². The molecule has 0 bridgehead atoms. The molecule has 17 heavy (non-hydrogen) atoms. The summed E-state index contributed by atoms with van der Waals surface area (Å²) in [5, 5.41) is 11.2. The second-order valence-electron chi connectivity index (χ2n) is 3.98. The molecule has 0 saturated heterocycles. The van der Waals surface area contributed by atoms with Crippen molar-refractivity contribution in [2.45, 2.75) is 32.7 Å². The van der Waals surface area contributed by atoms with Gasteiger partial charge >= 0.3 is 5.69 Å². The van der Waals surface area contributed by atoms with Crippen LogP contribution in [-0.4, -0.2) is 23.0 Å². The van der Waals surface area contributed by atoms with Crippen LogP contribution in [0.5, 0.6) is 0 Å². The van der Waals surface area contributed by atoms with Gasteiger partial charge in [0, 0.05) is 19.2 Å². The lowest BCUT2D eigenvalue weighted by molar-refractivity contribution is -0.384. The number of pyridine rings is 1. The Kier molecular flexibility index (Phi) is 4.69. The third-order valence-electron chi connectivity index (χ3n) is 2.72. The average molecular weight is 258 g/mol. The summed E-state index contributed by atoms with van der Waals surface area (Å²) in [6, 6.07) is 3.01. The zero-order valence-electron chi connectivity index (χ0n) is 10.2. The molecule has 94 valence electrons. The molecule has 1 aromatic heterocycles. The fraction of sp³-hybridized carbons (Fsp3) is 0.545. The molecule has 0 aliphatic rings. The fourth-order valence-electron chi connectivity index (χ4n) is 1.64. The SMILES string of the molecule is CCCC(C)N(C)c1nc(Cl)ccc1[N+](=O)[O-]. The Morgan fingerprint density at radius 3 is 2.76 bits per heavy atom. The van der Waals surface area contributed by atoms with Crippen molar-refractivity contribution in [2.75, 3.05) is 11.9 Å². The van der Waals surface area contributed by atoms with Crippen LogP contribution in [0, 0.1) is 10.1 Å². The van der Waals surface area contributed by atoms with Gasteiger partial charge in [-0.3, -0.25) is 10.1 Å². The van der Waals surface area contributed by atoms with E-state index >= 15 is 0 Å². The molecule has 0 N–H and O–H groups in total. The summed E-state index contributed by atoms with van der Waals surface area (Å²) >= 11 is 5.79. The average Bonchev–Trinajstić information content (AvgIpc) is 2.27. The molecule has 1 rings (SSSR count). The number of aromatic nitrogens is 1. The smallest absolute Gasteiger partial charge is 0.311 e. The summed E-state index contributed by atoms with van der Waals surface area (Å²) < 4.78 is 0. The summed E-state index contributed by atoms with van der Waals surface area (Å²) in [6.45, 7) is 4.08. The molecule has 0 saturated carbocycles. The van der Waals surface area contributed by atoms with E-state index in [4.69, 9.17) is 11.6 Å². The van der Waals surface area contributed by atoms with Gasteiger partial charge in [-0.2, -0.15) is 0 Å². The maximum Gasteiger partial charge on any atom is 0.311 e. The van der Waals surface area contributed by atoms with Crippen molar-refractivity contribution in [3.63, 3.8) is 0 Å². The van der Waals surface area contributed by atoms with Crippen LogP contribution in [0.2, 0.25) is 5.15 Å². The summed E-state index contributed by atoms with van der Waals surface area (Å²) in [5.41, 5.74) is -0.0140. The molecule has 1 unspecified atom stereocenters. The Hall–Kier alpha value is -1.36. The molecular formula is C11H16ClN3O2. The Labute approximate surface area is 106 Å². The lowest BCUT2D eigenvalue weighted by atomic mass is 10.1. The fourth-order valence-corrected chi connectivity index (χ4v) is 1.78. The molecule has 0 amide bonds. The minimum atomic E-state index is -0.437. The van der Waals surface area contributed by atoms with E-state index in [1.54, 1.807) is 11.9 Å². The van der Waals surface area contributed by atoms with Crippen molar-refractivity contribution in [1.82, 2.24) is 4.98 Å². The first-order valence-electron chi connectivity index (χ1n) is 5.51. The van der Waals surface area contributed by atoms with Crippen LogP contribution in [0.1, 0.15) is 26.7 Å². The second kappa shape index (κ2) is 5.82. The lowest BCUT2D eigenvalue weighted by Crippen LogP contribution is -2.30. The van der Waals surface area contributed by atoms with Gasteiger partial charge in [0.1, 0.15) is 5.15 Å². The summed E-state index contributed by atoms with van der Waals surface area (Å²) in [6.07, 6.45) is 1.96. The van der Waals surface area contributed by atoms with Crippen molar-refractivity contribution in [3.8, 4) is 0 Å². The molecule has 0 fully saturated rings. The molecule has 0 spiro atoms. The number of anilines is 1. The number of hydrogen-bond acceptors (Lipinski definition) is 4. The molecule has 1 atom stereocenters. The highest BCUT2D eigenvalue weighted by Crippen LogP contribution is 2.28. The van der Waals surface area contributed by atoms with Crippen LogP contribution in [0.4, 0.5) is 11.5 Å². The van der Waals surface area contributed by atoms with Crippen LogP contribution in [0.15, 0.2) is 12.1 Å². The van der Waals surface area contributed by atoms with Crippen molar-refractivity contribution < 1.29 is 4.92 Å². The topological polar surface area (TPSA) is 59.3 Å². The van der Waals surface area contributed by atoms with E-state index in [9.17, 15) is 10.1 Å². The van der Waals surface area contributed by atoms with Crippen LogP contribution < -0.4 is 4.90 Å². The lowest BCUT2D eigenvalue weighted by Gasteiger charge is -2.25. The normalized spacial score (nSPS) is 12.2. The van der Waals surface area contributed by atoms with E-state index in [-0.39, 0.29) is 16.9 Å². The molecule has 0 aliphatic heterocycles. The minimum absolute atomic E-state index is 0.0140. The Bertz CT molecular complexity index is 412. The third kappa shape index (κ3) is 3.30. The zero-order chi connectivity index (χ0) is 13.0. The van der Waals surface area contributed by atoms with E-state index in [0.717, 1.165) is 12.8 Å². The van der Waals surface area contributed by atoms with Gasteiger partial charge in [-0.1, -0.05) is 24.9 Å². The molecule has 6 heteroatoms. The van der Waals surface area contributed by atoms with Crippen molar-refractivity contribution >= 4 is 23.1 Å². The third-order valence-corrected chi connectivity index (χ3v) is 2.93. The molecule has 0 radical (unpaired) electrons. The number of nitrogens with zero attached hydrogens (tertiary/aromatic N) is 3. The summed E-state index contributed by atoms with van der Waals surface area (Å²) in [7, 11) is 1.80. The van der Waals surface area contributed by atoms with Gasteiger partial charge in [-0.15, -0.1) is 0 Å². The Morgan fingerprint density at radius 1 is 1.59 bits per heavy atom. The number of hydrogen-bond donors (Lipinski definition) is 0. The van der Waals surface area contributed by atoms with Crippen LogP contribution in [-0.2, 0) is 0 Å². The van der Waals surface area contributed by atoms with Crippen LogP contribution in [0.3, 0.4) is 0 Å². The predicted molar refractivity (Wildman–Crippen MR) is 68.7 cm³/mol. The highest BCUT2D eigenvalue weighted by Gasteiger charge is 2.22. The largest absolute Gasteiger partial charge is 0.351 e. The van der Waals surface area contributed by atoms with Crippen molar-refractivity contribution in [1.29, 1.82) is 0 Å². The maximum absolute atomic E-state index is 10.9. The second-order valence-corrected chi connectivity index (χ2v) is 4.37. The molecule has 1 aromatic rings. The van der Waals surface area contributed by atoms with Gasteiger partial charge in [-0.05, 0) is 19.4 Å². The van der Waals surface area contributed by atoms with Gasteiger partial charge in [0.25, 0.3) is 0 Å². The molecule has 5 nitrogen and oxygen atoms in total. The molecule has 0 aromatic carbocycles. The summed E-state index contributed by atoms with van der Waals surface area (Å²) in [4.78, 5) is 16.3. The van der Waals surface area contributed by atoms with Crippen molar-refractivity contribution in [2.24, 2.45) is 0 Å². The molecule has 0 aliphatic carbocycles. The monoisotopic (exact) mass is 257 g/mol. The highest BCUT2D eigenvalue weighted by molar-refractivity contribution is 6.29. The maximum atomic E-state index is 10.9. The molecule has 1 heterocycles. The molecular weight excluding hydrogens is 242 g/mol. The zero-order valence-corrected chi connectivity index (χ0v) is 10.9. The van der Waals surface area contributed by atoms with E-state index < -0.39 is 4.92 Å². The van der Waals surface area contributed by atoms with E-state index in [1.807, 2.05) is 6.92 Å². The van der Waals surface area contributed by atoms with E-state index in [2.05, 4.69) is 11.9 Å². The van der Waals surface area contributed by atoms with E-state index in [0.29, 0.717) is 5.82 Å². The van der Waals surface area contributed by atoms with Gasteiger partial charge in [0.15, 0.2) is 0 Å². The van der Waals surface area contributed by atoms with Gasteiger partial charge in [0.2, 0.25) is 5.82 Å². The van der Waals surface area contributed by atoms with Crippen LogP contribution >= 0.6 is 11.6 Å². The van der Waals surface area contributed by atoms with Crippen molar-refractivity contribution in [3.05, 3.63) is 27.4 Å². The number of halogens is 1. The summed E-state index contributed by atoms with van der Waals surface area (Å²) in [5.74, 6) is 0.323. The van der Waals surface area contributed by atoms with Crippen LogP contribution in [0.25, 0.3) is 0 Å². The first-order chi connectivity index (χ1) is 7.97. The Balaban J connectivity index is 3.10.